The molecule has 1 unspecified atom stereocenters. The number of nitrogens with zero attached hydrogens (tertiary/aromatic N) is 1. The van der Waals surface area contributed by atoms with Crippen molar-refractivity contribution in [3.8, 4) is 0 Å². The van der Waals surface area contributed by atoms with Crippen molar-refractivity contribution in [3.05, 3.63) is 35.9 Å². The third-order valence-corrected chi connectivity index (χ3v) is 4.00. The molecule has 0 aromatic heterocycles. The van der Waals surface area contributed by atoms with E-state index in [4.69, 9.17) is 10.5 Å². The molecule has 1 heterocycles. The Hall–Kier alpha value is -0.850. The van der Waals surface area contributed by atoms with Crippen LogP contribution in [0.3, 0.4) is 0 Å². The first-order valence-corrected chi connectivity index (χ1v) is 7.97. The molecule has 1 amide bonds. The molecule has 7 heteroatoms. The van der Waals surface area contributed by atoms with E-state index < -0.39 is 6.04 Å². The number of halogens is 2. The molecule has 1 saturated heterocycles. The Morgan fingerprint density at radius 1 is 1.33 bits per heavy atom. The molecule has 2 atom stereocenters. The summed E-state index contributed by atoms with van der Waals surface area (Å²) in [6.45, 7) is 7.77. The Kier molecular flexibility index (Phi) is 11.2. The van der Waals surface area contributed by atoms with Crippen LogP contribution in [0.4, 0.5) is 0 Å². The van der Waals surface area contributed by atoms with Gasteiger partial charge in [0.2, 0.25) is 5.91 Å². The summed E-state index contributed by atoms with van der Waals surface area (Å²) >= 11 is 0. The third-order valence-electron chi connectivity index (χ3n) is 4.00. The van der Waals surface area contributed by atoms with Gasteiger partial charge in [0.25, 0.3) is 0 Å². The van der Waals surface area contributed by atoms with Crippen molar-refractivity contribution in [1.29, 1.82) is 0 Å². The second kappa shape index (κ2) is 11.7. The molecular weight excluding hydrogens is 349 g/mol. The van der Waals surface area contributed by atoms with Gasteiger partial charge in [0.05, 0.1) is 18.8 Å². The molecule has 1 aromatic rings. The van der Waals surface area contributed by atoms with Crippen LogP contribution in [0.15, 0.2) is 30.3 Å². The molecule has 138 valence electrons. The van der Waals surface area contributed by atoms with E-state index in [1.165, 1.54) is 5.56 Å². The van der Waals surface area contributed by atoms with Crippen molar-refractivity contribution in [3.63, 3.8) is 0 Å². The van der Waals surface area contributed by atoms with Gasteiger partial charge in [-0.15, -0.1) is 24.8 Å². The molecule has 24 heavy (non-hydrogen) atoms. The van der Waals surface area contributed by atoms with Gasteiger partial charge < -0.3 is 15.8 Å². The lowest BCUT2D eigenvalue weighted by atomic mass is 10.1. The van der Waals surface area contributed by atoms with Gasteiger partial charge in [-0.2, -0.15) is 0 Å². The highest BCUT2D eigenvalue weighted by Gasteiger charge is 2.23. The highest BCUT2D eigenvalue weighted by atomic mass is 35.5. The topological polar surface area (TPSA) is 67.6 Å². The van der Waals surface area contributed by atoms with Gasteiger partial charge in [0, 0.05) is 26.2 Å². The number of carbonyl (C=O) groups excluding carboxylic acids is 1. The van der Waals surface area contributed by atoms with Gasteiger partial charge in [-0.05, 0) is 11.5 Å². The van der Waals surface area contributed by atoms with E-state index in [-0.39, 0.29) is 42.7 Å². The van der Waals surface area contributed by atoms with Crippen LogP contribution in [0.25, 0.3) is 0 Å². The monoisotopic (exact) mass is 377 g/mol. The maximum Gasteiger partial charge on any atom is 0.237 e. The lowest BCUT2D eigenvalue weighted by Crippen LogP contribution is -2.50. The summed E-state index contributed by atoms with van der Waals surface area (Å²) in [7, 11) is 0. The standard InChI is InChI=1S/C17H27N3O2.2ClH/c1-13(2)16(18)17(21)19-10-15-12-20(8-9-22-15)11-14-6-4-3-5-7-14;;/h3-7,13,15-16H,8-12,18H2,1-2H3,(H,19,21);2*1H/t15?,16-;;/m1../s1. The molecule has 0 saturated carbocycles. The van der Waals surface area contributed by atoms with Gasteiger partial charge in [-0.1, -0.05) is 44.2 Å². The van der Waals surface area contributed by atoms with Gasteiger partial charge >= 0.3 is 0 Å². The van der Waals surface area contributed by atoms with Crippen LogP contribution in [0.2, 0.25) is 0 Å². The van der Waals surface area contributed by atoms with Crippen LogP contribution < -0.4 is 11.1 Å². The lowest BCUT2D eigenvalue weighted by Gasteiger charge is -2.33. The van der Waals surface area contributed by atoms with Crippen molar-refractivity contribution in [1.82, 2.24) is 10.2 Å². The fourth-order valence-corrected chi connectivity index (χ4v) is 2.52. The van der Waals surface area contributed by atoms with Crippen LogP contribution in [0.5, 0.6) is 0 Å². The van der Waals surface area contributed by atoms with E-state index in [9.17, 15) is 4.79 Å². The summed E-state index contributed by atoms with van der Waals surface area (Å²) in [6, 6.07) is 9.95. The number of benzene rings is 1. The molecule has 0 bridgehead atoms. The Labute approximate surface area is 157 Å². The number of amides is 1. The summed E-state index contributed by atoms with van der Waals surface area (Å²) in [5.74, 6) is 0.0423. The number of carbonyl (C=O) groups is 1. The second-order valence-electron chi connectivity index (χ2n) is 6.23. The molecule has 0 radical (unpaired) electrons. The fourth-order valence-electron chi connectivity index (χ4n) is 2.52. The Morgan fingerprint density at radius 2 is 2.00 bits per heavy atom. The normalized spacial score (nSPS) is 19.1. The second-order valence-corrected chi connectivity index (χ2v) is 6.23. The van der Waals surface area contributed by atoms with Gasteiger partial charge in [-0.3, -0.25) is 9.69 Å². The lowest BCUT2D eigenvalue weighted by molar-refractivity contribution is -0.124. The Balaban J connectivity index is 0.00000264. The predicted octanol–water partition coefficient (Wildman–Crippen LogP) is 1.83. The molecule has 1 fully saturated rings. The zero-order valence-electron chi connectivity index (χ0n) is 14.3. The number of morpholine rings is 1. The van der Waals surface area contributed by atoms with Crippen molar-refractivity contribution in [2.75, 3.05) is 26.2 Å². The van der Waals surface area contributed by atoms with E-state index in [0.717, 1.165) is 19.6 Å². The summed E-state index contributed by atoms with van der Waals surface area (Å²) < 4.78 is 5.74. The van der Waals surface area contributed by atoms with E-state index in [1.807, 2.05) is 19.9 Å². The zero-order valence-corrected chi connectivity index (χ0v) is 15.9. The minimum Gasteiger partial charge on any atom is -0.374 e. The van der Waals surface area contributed by atoms with Crippen LogP contribution in [0.1, 0.15) is 19.4 Å². The maximum atomic E-state index is 11.9. The highest BCUT2D eigenvalue weighted by molar-refractivity contribution is 5.85. The van der Waals surface area contributed by atoms with E-state index >= 15 is 0 Å². The van der Waals surface area contributed by atoms with Crippen LogP contribution in [0, 0.1) is 5.92 Å². The van der Waals surface area contributed by atoms with Gasteiger partial charge in [0.15, 0.2) is 0 Å². The van der Waals surface area contributed by atoms with Gasteiger partial charge in [0.1, 0.15) is 0 Å². The summed E-state index contributed by atoms with van der Waals surface area (Å²) in [5, 5.41) is 2.90. The first kappa shape index (κ1) is 23.1. The molecule has 5 nitrogen and oxygen atoms in total. The van der Waals surface area contributed by atoms with E-state index in [1.54, 1.807) is 0 Å². The first-order valence-electron chi connectivity index (χ1n) is 7.97. The third kappa shape index (κ3) is 7.36. The molecule has 0 spiro atoms. The molecule has 0 aliphatic carbocycles. The Bertz CT molecular complexity index is 474. The first-order chi connectivity index (χ1) is 10.6. The van der Waals surface area contributed by atoms with Crippen LogP contribution in [-0.2, 0) is 16.1 Å². The number of hydrogen-bond acceptors (Lipinski definition) is 4. The number of ether oxygens (including phenoxy) is 1. The predicted molar refractivity (Wildman–Crippen MR) is 102 cm³/mol. The summed E-state index contributed by atoms with van der Waals surface area (Å²) in [5.41, 5.74) is 7.14. The summed E-state index contributed by atoms with van der Waals surface area (Å²) in [4.78, 5) is 14.3. The molecule has 1 aliphatic heterocycles. The smallest absolute Gasteiger partial charge is 0.237 e. The van der Waals surface area contributed by atoms with E-state index in [2.05, 4.69) is 34.5 Å². The van der Waals surface area contributed by atoms with Crippen molar-refractivity contribution < 1.29 is 9.53 Å². The zero-order chi connectivity index (χ0) is 15.9. The number of rotatable bonds is 6. The number of nitrogens with two attached hydrogens (primary N) is 1. The average Bonchev–Trinajstić information content (AvgIpc) is 2.53. The number of hydrogen-bond donors (Lipinski definition) is 2. The number of nitrogens with one attached hydrogen (secondary N) is 1. The van der Waals surface area contributed by atoms with Crippen LogP contribution in [-0.4, -0.2) is 49.2 Å². The SMILES string of the molecule is CC(C)[C@@H](N)C(=O)NCC1CN(Cc2ccccc2)CCO1.Cl.Cl. The average molecular weight is 378 g/mol. The highest BCUT2D eigenvalue weighted by Crippen LogP contribution is 2.10. The van der Waals surface area contributed by atoms with Crippen LogP contribution >= 0.6 is 24.8 Å². The summed E-state index contributed by atoms with van der Waals surface area (Å²) in [6.07, 6.45) is 0.0285. The maximum absolute atomic E-state index is 11.9. The van der Waals surface area contributed by atoms with Crippen molar-refractivity contribution in [2.24, 2.45) is 11.7 Å². The fraction of sp³-hybridized carbons (Fsp3) is 0.588. The molecule has 2 rings (SSSR count). The largest absolute Gasteiger partial charge is 0.374 e. The van der Waals surface area contributed by atoms with E-state index in [0.29, 0.717) is 13.2 Å². The van der Waals surface area contributed by atoms with Crippen molar-refractivity contribution >= 4 is 30.7 Å². The Morgan fingerprint density at radius 3 is 2.62 bits per heavy atom. The minimum atomic E-state index is -0.455. The quantitative estimate of drug-likeness (QED) is 0.793. The minimum absolute atomic E-state index is 0. The molecular formula is C17H29Cl2N3O2. The molecule has 3 N–H and O–H groups in total. The van der Waals surface area contributed by atoms with Crippen molar-refractivity contribution in [2.45, 2.75) is 32.5 Å². The molecule has 1 aromatic carbocycles. The molecule has 1 aliphatic rings. The van der Waals surface area contributed by atoms with Gasteiger partial charge in [-0.25, -0.2) is 0 Å².